The van der Waals surface area contributed by atoms with Crippen molar-refractivity contribution in [1.82, 2.24) is 4.90 Å². The van der Waals surface area contributed by atoms with E-state index in [-0.39, 0.29) is 23.5 Å². The van der Waals surface area contributed by atoms with Crippen LogP contribution in [-0.4, -0.2) is 47.7 Å². The van der Waals surface area contributed by atoms with Crippen LogP contribution in [0.2, 0.25) is 0 Å². The lowest BCUT2D eigenvalue weighted by Crippen LogP contribution is -2.45. The number of amides is 1. The molecule has 1 atom stereocenters. The maximum Gasteiger partial charge on any atom is 0.371 e. The number of rotatable bonds is 3. The van der Waals surface area contributed by atoms with Crippen molar-refractivity contribution in [2.24, 2.45) is 0 Å². The van der Waals surface area contributed by atoms with E-state index in [0.717, 1.165) is 6.42 Å². The first-order chi connectivity index (χ1) is 8.61. The third kappa shape index (κ3) is 2.53. The molecule has 2 rings (SSSR count). The Labute approximate surface area is 104 Å². The van der Waals surface area contributed by atoms with Crippen molar-refractivity contribution in [3.63, 3.8) is 0 Å². The van der Waals surface area contributed by atoms with Gasteiger partial charge in [0.1, 0.15) is 0 Å². The molecule has 98 valence electrons. The molecule has 0 spiro atoms. The summed E-state index contributed by atoms with van der Waals surface area (Å²) in [4.78, 5) is 24.4. The molecule has 6 nitrogen and oxygen atoms in total. The van der Waals surface area contributed by atoms with Crippen molar-refractivity contribution in [3.05, 3.63) is 23.7 Å². The van der Waals surface area contributed by atoms with Gasteiger partial charge in [-0.15, -0.1) is 0 Å². The summed E-state index contributed by atoms with van der Waals surface area (Å²) in [6.07, 6.45) is 0.874. The van der Waals surface area contributed by atoms with E-state index in [1.807, 2.05) is 6.92 Å². The van der Waals surface area contributed by atoms with Crippen LogP contribution in [0.3, 0.4) is 0 Å². The van der Waals surface area contributed by atoms with Crippen LogP contribution in [0.25, 0.3) is 0 Å². The number of aromatic carboxylic acids is 1. The van der Waals surface area contributed by atoms with Crippen molar-refractivity contribution >= 4 is 11.9 Å². The molecule has 6 heteroatoms. The third-order valence-corrected chi connectivity index (χ3v) is 2.91. The molecule has 1 amide bonds. The highest BCUT2D eigenvalue weighted by Crippen LogP contribution is 2.14. The zero-order valence-electron chi connectivity index (χ0n) is 10.1. The van der Waals surface area contributed by atoms with Crippen LogP contribution in [0.15, 0.2) is 16.5 Å². The molecule has 1 aliphatic rings. The molecule has 1 N–H and O–H groups in total. The van der Waals surface area contributed by atoms with Crippen LogP contribution in [-0.2, 0) is 4.74 Å². The van der Waals surface area contributed by atoms with Crippen molar-refractivity contribution in [1.29, 1.82) is 0 Å². The molecular formula is C12H15NO5. The van der Waals surface area contributed by atoms with E-state index in [0.29, 0.717) is 19.7 Å². The van der Waals surface area contributed by atoms with Crippen molar-refractivity contribution < 1.29 is 23.8 Å². The highest BCUT2D eigenvalue weighted by Gasteiger charge is 2.26. The number of furan rings is 1. The average molecular weight is 253 g/mol. The fraction of sp³-hybridized carbons (Fsp3) is 0.500. The van der Waals surface area contributed by atoms with Gasteiger partial charge < -0.3 is 19.2 Å². The minimum atomic E-state index is -1.18. The standard InChI is InChI=1S/C12H15NO5/c1-2-8-7-13(5-6-17-8)11(14)9-3-4-10(18-9)12(15)16/h3-4,8H,2,5-7H2,1H3,(H,15,16). The number of carboxylic acids is 1. The lowest BCUT2D eigenvalue weighted by molar-refractivity contribution is -0.0236. The van der Waals surface area contributed by atoms with Gasteiger partial charge in [-0.2, -0.15) is 0 Å². The van der Waals surface area contributed by atoms with E-state index in [1.165, 1.54) is 12.1 Å². The van der Waals surface area contributed by atoms with Crippen molar-refractivity contribution in [2.75, 3.05) is 19.7 Å². The summed E-state index contributed by atoms with van der Waals surface area (Å²) >= 11 is 0. The quantitative estimate of drug-likeness (QED) is 0.876. The fourth-order valence-electron chi connectivity index (χ4n) is 1.87. The largest absolute Gasteiger partial charge is 0.475 e. The predicted molar refractivity (Wildman–Crippen MR) is 61.6 cm³/mol. The third-order valence-electron chi connectivity index (χ3n) is 2.91. The number of ether oxygens (including phenoxy) is 1. The van der Waals surface area contributed by atoms with E-state index >= 15 is 0 Å². The summed E-state index contributed by atoms with van der Waals surface area (Å²) in [5, 5.41) is 8.73. The second kappa shape index (κ2) is 5.22. The van der Waals surface area contributed by atoms with Gasteiger partial charge in [0.2, 0.25) is 5.76 Å². The first-order valence-electron chi connectivity index (χ1n) is 5.85. The topological polar surface area (TPSA) is 80.0 Å². The maximum atomic E-state index is 12.1. The van der Waals surface area contributed by atoms with Gasteiger partial charge in [0.05, 0.1) is 12.7 Å². The van der Waals surface area contributed by atoms with Crippen LogP contribution in [0.5, 0.6) is 0 Å². The molecule has 1 fully saturated rings. The Balaban J connectivity index is 2.07. The van der Waals surface area contributed by atoms with Crippen molar-refractivity contribution in [2.45, 2.75) is 19.4 Å². The fourth-order valence-corrected chi connectivity index (χ4v) is 1.87. The van der Waals surface area contributed by atoms with Gasteiger partial charge in [-0.05, 0) is 18.6 Å². The van der Waals surface area contributed by atoms with E-state index < -0.39 is 5.97 Å². The first-order valence-corrected chi connectivity index (χ1v) is 5.85. The minimum Gasteiger partial charge on any atom is -0.475 e. The molecule has 1 aliphatic heterocycles. The Bertz CT molecular complexity index is 453. The molecule has 0 radical (unpaired) electrons. The molecule has 0 saturated carbocycles. The van der Waals surface area contributed by atoms with Gasteiger partial charge in [0.25, 0.3) is 5.91 Å². The summed E-state index contributed by atoms with van der Waals surface area (Å²) in [5.74, 6) is -1.63. The number of morpholine rings is 1. The molecule has 18 heavy (non-hydrogen) atoms. The number of nitrogens with zero attached hydrogens (tertiary/aromatic N) is 1. The number of carboxylic acid groups (broad SMARTS) is 1. The second-order valence-corrected chi connectivity index (χ2v) is 4.12. The highest BCUT2D eigenvalue weighted by atomic mass is 16.5. The second-order valence-electron chi connectivity index (χ2n) is 4.12. The van der Waals surface area contributed by atoms with Crippen LogP contribution < -0.4 is 0 Å². The molecule has 0 aliphatic carbocycles. The number of hydrogen-bond acceptors (Lipinski definition) is 4. The van der Waals surface area contributed by atoms with Crippen molar-refractivity contribution in [3.8, 4) is 0 Å². The summed E-state index contributed by atoms with van der Waals surface area (Å²) < 4.78 is 10.5. The summed E-state index contributed by atoms with van der Waals surface area (Å²) in [6.45, 7) is 3.50. The van der Waals surface area contributed by atoms with Crippen LogP contribution >= 0.6 is 0 Å². The van der Waals surface area contributed by atoms with Gasteiger partial charge in [-0.1, -0.05) is 6.92 Å². The zero-order chi connectivity index (χ0) is 13.1. The van der Waals surface area contributed by atoms with E-state index in [9.17, 15) is 9.59 Å². The van der Waals surface area contributed by atoms with Crippen LogP contribution in [0.1, 0.15) is 34.5 Å². The molecular weight excluding hydrogens is 238 g/mol. The van der Waals surface area contributed by atoms with Gasteiger partial charge in [0.15, 0.2) is 5.76 Å². The Morgan fingerprint density at radius 3 is 2.78 bits per heavy atom. The Morgan fingerprint density at radius 2 is 2.17 bits per heavy atom. The van der Waals surface area contributed by atoms with Crippen LogP contribution in [0, 0.1) is 0 Å². The zero-order valence-corrected chi connectivity index (χ0v) is 10.1. The lowest BCUT2D eigenvalue weighted by atomic mass is 10.2. The molecule has 1 aromatic heterocycles. The van der Waals surface area contributed by atoms with E-state index in [2.05, 4.69) is 0 Å². The summed E-state index contributed by atoms with van der Waals surface area (Å²) in [5.41, 5.74) is 0. The number of carbonyl (C=O) groups excluding carboxylic acids is 1. The molecule has 0 aromatic carbocycles. The minimum absolute atomic E-state index is 0.0385. The molecule has 1 aromatic rings. The van der Waals surface area contributed by atoms with E-state index in [4.69, 9.17) is 14.3 Å². The maximum absolute atomic E-state index is 12.1. The lowest BCUT2D eigenvalue weighted by Gasteiger charge is -2.31. The Morgan fingerprint density at radius 1 is 1.44 bits per heavy atom. The highest BCUT2D eigenvalue weighted by molar-refractivity contribution is 5.93. The van der Waals surface area contributed by atoms with Gasteiger partial charge >= 0.3 is 5.97 Å². The Hall–Kier alpha value is -1.82. The predicted octanol–water partition coefficient (Wildman–Crippen LogP) is 1.23. The smallest absolute Gasteiger partial charge is 0.371 e. The Kier molecular flexibility index (Phi) is 3.66. The summed E-state index contributed by atoms with van der Waals surface area (Å²) in [6, 6.07) is 2.68. The monoisotopic (exact) mass is 253 g/mol. The first kappa shape index (κ1) is 12.6. The van der Waals surface area contributed by atoms with Crippen LogP contribution in [0.4, 0.5) is 0 Å². The molecule has 1 saturated heterocycles. The normalized spacial score (nSPS) is 19.8. The molecule has 2 heterocycles. The number of hydrogen-bond donors (Lipinski definition) is 1. The number of carbonyl (C=O) groups is 2. The average Bonchev–Trinajstić information content (AvgIpc) is 2.87. The van der Waals surface area contributed by atoms with Gasteiger partial charge in [-0.25, -0.2) is 4.79 Å². The van der Waals surface area contributed by atoms with E-state index in [1.54, 1.807) is 4.90 Å². The SMILES string of the molecule is CCC1CN(C(=O)c2ccc(C(=O)O)o2)CCO1. The summed E-state index contributed by atoms with van der Waals surface area (Å²) in [7, 11) is 0. The molecule has 0 bridgehead atoms. The van der Waals surface area contributed by atoms with Gasteiger partial charge in [0, 0.05) is 13.1 Å². The molecule has 1 unspecified atom stereocenters. The van der Waals surface area contributed by atoms with Gasteiger partial charge in [-0.3, -0.25) is 4.79 Å².